The summed E-state index contributed by atoms with van der Waals surface area (Å²) < 4.78 is 0. The molecule has 1 heterocycles. The molecule has 74 valence electrons. The fourth-order valence-corrected chi connectivity index (χ4v) is 1.77. The van der Waals surface area contributed by atoms with E-state index >= 15 is 0 Å². The van der Waals surface area contributed by atoms with Gasteiger partial charge in [0.2, 0.25) is 0 Å². The minimum atomic E-state index is -0.484. The van der Waals surface area contributed by atoms with E-state index in [0.717, 1.165) is 5.03 Å². The topological polar surface area (TPSA) is 48.7 Å². The number of hydrogen-bond donors (Lipinski definition) is 1. The van der Waals surface area contributed by atoms with Gasteiger partial charge in [0.1, 0.15) is 5.54 Å². The van der Waals surface area contributed by atoms with Gasteiger partial charge < -0.3 is 5.32 Å². The molecule has 0 bridgehead atoms. The van der Waals surface area contributed by atoms with Crippen molar-refractivity contribution in [3.8, 4) is 6.07 Å². The Kier molecular flexibility index (Phi) is 3.93. The molecule has 0 spiro atoms. The van der Waals surface area contributed by atoms with E-state index in [9.17, 15) is 0 Å². The zero-order valence-corrected chi connectivity index (χ0v) is 9.14. The summed E-state index contributed by atoms with van der Waals surface area (Å²) in [5.41, 5.74) is -0.484. The summed E-state index contributed by atoms with van der Waals surface area (Å²) >= 11 is 1.58. The van der Waals surface area contributed by atoms with Crippen LogP contribution in [0.4, 0.5) is 0 Å². The lowest BCUT2D eigenvalue weighted by Gasteiger charge is -2.19. The first-order chi connectivity index (χ1) is 6.70. The molecule has 0 aliphatic rings. The van der Waals surface area contributed by atoms with Gasteiger partial charge in [-0.05, 0) is 26.1 Å². The van der Waals surface area contributed by atoms with Gasteiger partial charge in [-0.15, -0.1) is 11.8 Å². The zero-order valence-electron chi connectivity index (χ0n) is 8.32. The number of nitrogens with one attached hydrogen (secondary N) is 1. The van der Waals surface area contributed by atoms with E-state index in [1.165, 1.54) is 0 Å². The lowest BCUT2D eigenvalue weighted by Crippen LogP contribution is -2.40. The predicted molar refractivity (Wildman–Crippen MR) is 58.0 cm³/mol. The first-order valence-electron chi connectivity index (χ1n) is 4.34. The van der Waals surface area contributed by atoms with Crippen LogP contribution in [0, 0.1) is 11.3 Å². The molecule has 1 atom stereocenters. The molecule has 1 aromatic heterocycles. The van der Waals surface area contributed by atoms with Crippen LogP contribution in [-0.4, -0.2) is 23.3 Å². The molecule has 0 radical (unpaired) electrons. The summed E-state index contributed by atoms with van der Waals surface area (Å²) in [5.74, 6) is 0.691. The quantitative estimate of drug-likeness (QED) is 0.763. The number of rotatable bonds is 4. The molecule has 1 rings (SSSR count). The molecule has 0 amide bonds. The molecule has 0 saturated heterocycles. The van der Waals surface area contributed by atoms with Crippen molar-refractivity contribution < 1.29 is 0 Å². The molecular weight excluding hydrogens is 194 g/mol. The lowest BCUT2D eigenvalue weighted by atomic mass is 10.1. The van der Waals surface area contributed by atoms with Gasteiger partial charge in [-0.1, -0.05) is 6.07 Å². The van der Waals surface area contributed by atoms with E-state index < -0.39 is 5.54 Å². The number of pyridine rings is 1. The van der Waals surface area contributed by atoms with Crippen LogP contribution in [0.5, 0.6) is 0 Å². The Bertz CT molecular complexity index is 320. The standard InChI is InChI=1S/C10H13N3S/c1-10(7-11,12-2)8-14-9-5-3-4-6-13-9/h3-6,12H,8H2,1-2H3. The Labute approximate surface area is 88.5 Å². The van der Waals surface area contributed by atoms with Crippen LogP contribution < -0.4 is 5.32 Å². The number of nitriles is 1. The molecule has 1 N–H and O–H groups in total. The molecule has 14 heavy (non-hydrogen) atoms. The summed E-state index contributed by atoms with van der Waals surface area (Å²) in [6.45, 7) is 1.88. The normalized spacial score (nSPS) is 14.4. The average Bonchev–Trinajstić information content (AvgIpc) is 2.27. The molecule has 0 aliphatic carbocycles. The van der Waals surface area contributed by atoms with E-state index in [0.29, 0.717) is 5.75 Å². The Morgan fingerprint density at radius 1 is 1.64 bits per heavy atom. The maximum Gasteiger partial charge on any atom is 0.113 e. The summed E-state index contributed by atoms with van der Waals surface area (Å²) in [6.07, 6.45) is 1.76. The Morgan fingerprint density at radius 2 is 2.43 bits per heavy atom. The highest BCUT2D eigenvalue weighted by Crippen LogP contribution is 2.19. The molecule has 3 nitrogen and oxygen atoms in total. The smallest absolute Gasteiger partial charge is 0.113 e. The maximum absolute atomic E-state index is 8.92. The minimum absolute atomic E-state index is 0.484. The van der Waals surface area contributed by atoms with Crippen LogP contribution in [0.2, 0.25) is 0 Å². The molecule has 0 saturated carbocycles. The van der Waals surface area contributed by atoms with E-state index in [1.54, 1.807) is 25.0 Å². The summed E-state index contributed by atoms with van der Waals surface area (Å²) in [6, 6.07) is 8.00. The monoisotopic (exact) mass is 207 g/mol. The van der Waals surface area contributed by atoms with Crippen LogP contribution >= 0.6 is 11.8 Å². The van der Waals surface area contributed by atoms with E-state index in [1.807, 2.05) is 25.1 Å². The molecular formula is C10H13N3S. The van der Waals surface area contributed by atoms with Gasteiger partial charge in [0.05, 0.1) is 11.1 Å². The fraction of sp³-hybridized carbons (Fsp3) is 0.400. The van der Waals surface area contributed by atoms with Crippen molar-refractivity contribution in [2.75, 3.05) is 12.8 Å². The summed E-state index contributed by atoms with van der Waals surface area (Å²) in [5, 5.41) is 12.9. The minimum Gasteiger partial charge on any atom is -0.302 e. The lowest BCUT2D eigenvalue weighted by molar-refractivity contribution is 0.550. The molecule has 0 fully saturated rings. The first-order valence-corrected chi connectivity index (χ1v) is 5.33. The largest absolute Gasteiger partial charge is 0.302 e. The second-order valence-corrected chi connectivity index (χ2v) is 4.15. The van der Waals surface area contributed by atoms with Crippen LogP contribution in [0.15, 0.2) is 29.4 Å². The second-order valence-electron chi connectivity index (χ2n) is 3.15. The summed E-state index contributed by atoms with van der Waals surface area (Å²) in [7, 11) is 1.79. The molecule has 0 aromatic carbocycles. The maximum atomic E-state index is 8.92. The van der Waals surface area contributed by atoms with Crippen molar-refractivity contribution in [1.82, 2.24) is 10.3 Å². The van der Waals surface area contributed by atoms with Crippen molar-refractivity contribution in [3.63, 3.8) is 0 Å². The van der Waals surface area contributed by atoms with Crippen molar-refractivity contribution in [2.45, 2.75) is 17.5 Å². The molecule has 4 heteroatoms. The Morgan fingerprint density at radius 3 is 2.93 bits per heavy atom. The molecule has 0 aliphatic heterocycles. The van der Waals surface area contributed by atoms with Crippen molar-refractivity contribution in [3.05, 3.63) is 24.4 Å². The van der Waals surface area contributed by atoms with Crippen LogP contribution in [0.3, 0.4) is 0 Å². The molecule has 1 unspecified atom stereocenters. The predicted octanol–water partition coefficient (Wildman–Crippen LogP) is 1.68. The summed E-state index contributed by atoms with van der Waals surface area (Å²) in [4.78, 5) is 4.18. The zero-order chi connectivity index (χ0) is 10.4. The number of hydrogen-bond acceptors (Lipinski definition) is 4. The Balaban J connectivity index is 2.53. The highest BCUT2D eigenvalue weighted by Gasteiger charge is 2.21. The second kappa shape index (κ2) is 4.99. The van der Waals surface area contributed by atoms with Crippen molar-refractivity contribution in [1.29, 1.82) is 5.26 Å². The van der Waals surface area contributed by atoms with Crippen molar-refractivity contribution in [2.24, 2.45) is 0 Å². The highest BCUT2D eigenvalue weighted by molar-refractivity contribution is 7.99. The van der Waals surface area contributed by atoms with E-state index in [2.05, 4.69) is 16.4 Å². The number of nitrogens with zero attached hydrogens (tertiary/aromatic N) is 2. The van der Waals surface area contributed by atoms with Gasteiger partial charge in [0.25, 0.3) is 0 Å². The van der Waals surface area contributed by atoms with Gasteiger partial charge in [-0.3, -0.25) is 0 Å². The first kappa shape index (κ1) is 11.0. The number of aromatic nitrogens is 1. The van der Waals surface area contributed by atoms with Crippen LogP contribution in [0.1, 0.15) is 6.92 Å². The fourth-order valence-electron chi connectivity index (χ4n) is 0.811. The Hall–Kier alpha value is -1.05. The third kappa shape index (κ3) is 3.02. The van der Waals surface area contributed by atoms with Gasteiger partial charge in [-0.25, -0.2) is 4.98 Å². The van der Waals surface area contributed by atoms with Crippen LogP contribution in [0.25, 0.3) is 0 Å². The third-order valence-corrected chi connectivity index (χ3v) is 3.20. The number of thioether (sulfide) groups is 1. The highest BCUT2D eigenvalue weighted by atomic mass is 32.2. The van der Waals surface area contributed by atoms with Gasteiger partial charge in [-0.2, -0.15) is 5.26 Å². The van der Waals surface area contributed by atoms with Gasteiger partial charge >= 0.3 is 0 Å². The average molecular weight is 207 g/mol. The molecule has 1 aromatic rings. The van der Waals surface area contributed by atoms with E-state index in [4.69, 9.17) is 5.26 Å². The van der Waals surface area contributed by atoms with Crippen LogP contribution in [-0.2, 0) is 0 Å². The third-order valence-electron chi connectivity index (χ3n) is 1.95. The van der Waals surface area contributed by atoms with E-state index in [-0.39, 0.29) is 0 Å². The van der Waals surface area contributed by atoms with Gasteiger partial charge in [0, 0.05) is 11.9 Å². The van der Waals surface area contributed by atoms with Crippen molar-refractivity contribution >= 4 is 11.8 Å². The van der Waals surface area contributed by atoms with Gasteiger partial charge in [0.15, 0.2) is 0 Å². The SMILES string of the molecule is CNC(C)(C#N)CSc1ccccn1.